The summed E-state index contributed by atoms with van der Waals surface area (Å²) in [5.41, 5.74) is 8.85. The number of rotatable bonds is 5. The number of thiocarbonyl (C=S) groups is 1. The van der Waals surface area contributed by atoms with Gasteiger partial charge < -0.3 is 16.4 Å². The molecule has 5 nitrogen and oxygen atoms in total. The predicted molar refractivity (Wildman–Crippen MR) is 124 cm³/mol. The zero-order valence-electron chi connectivity index (χ0n) is 16.2. The number of hydrogen-bond acceptors (Lipinski definition) is 4. The van der Waals surface area contributed by atoms with Crippen molar-refractivity contribution < 1.29 is 9.59 Å². The van der Waals surface area contributed by atoms with Gasteiger partial charge in [0.15, 0.2) is 5.11 Å². The molecule has 0 saturated heterocycles. The van der Waals surface area contributed by atoms with Crippen molar-refractivity contribution in [2.45, 2.75) is 25.2 Å². The number of fused-ring (bicyclic) bond motifs is 1. The third-order valence-corrected chi connectivity index (χ3v) is 6.57. The molecule has 0 bridgehead atoms. The van der Waals surface area contributed by atoms with E-state index >= 15 is 0 Å². The quantitative estimate of drug-likeness (QED) is 0.529. The maximum absolute atomic E-state index is 13.2. The minimum atomic E-state index is -0.504. The lowest BCUT2D eigenvalue weighted by Gasteiger charge is -2.18. The van der Waals surface area contributed by atoms with Gasteiger partial charge in [-0.3, -0.25) is 9.59 Å². The Morgan fingerprint density at radius 1 is 0.967 bits per heavy atom. The van der Waals surface area contributed by atoms with E-state index in [1.54, 1.807) is 0 Å². The molecule has 7 heteroatoms. The predicted octanol–water partition coefficient (Wildman–Crippen LogP) is 3.98. The molecule has 0 atom stereocenters. The molecule has 0 aliphatic heterocycles. The van der Waals surface area contributed by atoms with Crippen LogP contribution in [-0.2, 0) is 17.6 Å². The Morgan fingerprint density at radius 3 is 2.13 bits per heavy atom. The van der Waals surface area contributed by atoms with E-state index in [0.29, 0.717) is 10.6 Å². The Balaban J connectivity index is 1.55. The highest BCUT2D eigenvalue weighted by Gasteiger charge is 2.27. The van der Waals surface area contributed by atoms with Crippen LogP contribution >= 0.6 is 23.6 Å². The first-order valence-electron chi connectivity index (χ1n) is 9.70. The van der Waals surface area contributed by atoms with Crippen LogP contribution in [0.5, 0.6) is 0 Å². The van der Waals surface area contributed by atoms with E-state index in [0.717, 1.165) is 40.8 Å². The number of aryl methyl sites for hydroxylation is 1. The lowest BCUT2D eigenvalue weighted by Crippen LogP contribution is -2.38. The highest BCUT2D eigenvalue weighted by Crippen LogP contribution is 2.38. The van der Waals surface area contributed by atoms with Crippen molar-refractivity contribution in [1.82, 2.24) is 5.32 Å². The fourth-order valence-electron chi connectivity index (χ4n) is 3.86. The number of hydrogen-bond donors (Lipinski definition) is 3. The van der Waals surface area contributed by atoms with Crippen LogP contribution in [0.15, 0.2) is 60.7 Å². The van der Waals surface area contributed by atoms with Crippen LogP contribution in [0.25, 0.3) is 0 Å². The third-order valence-electron chi connectivity index (χ3n) is 5.16. The first kappa shape index (κ1) is 20.3. The SMILES string of the molecule is NC(=O)c1c(NC(=S)NC(=O)C(c2ccccc2)c2ccccc2)sc2c1CCC2. The van der Waals surface area contributed by atoms with Crippen LogP contribution in [0.2, 0.25) is 0 Å². The third kappa shape index (κ3) is 4.13. The Kier molecular flexibility index (Phi) is 5.92. The number of primary amides is 1. The molecule has 0 spiro atoms. The van der Waals surface area contributed by atoms with Crippen molar-refractivity contribution in [2.24, 2.45) is 5.73 Å². The summed E-state index contributed by atoms with van der Waals surface area (Å²) in [4.78, 5) is 26.3. The van der Waals surface area contributed by atoms with Gasteiger partial charge in [0.25, 0.3) is 5.91 Å². The Hall–Kier alpha value is -3.03. The van der Waals surface area contributed by atoms with E-state index in [1.165, 1.54) is 11.3 Å². The van der Waals surface area contributed by atoms with E-state index < -0.39 is 11.8 Å². The van der Waals surface area contributed by atoms with Gasteiger partial charge >= 0.3 is 0 Å². The Bertz CT molecular complexity index is 1050. The molecule has 0 fully saturated rings. The summed E-state index contributed by atoms with van der Waals surface area (Å²) in [5, 5.41) is 6.58. The largest absolute Gasteiger partial charge is 0.365 e. The van der Waals surface area contributed by atoms with Crippen molar-refractivity contribution >= 4 is 45.5 Å². The van der Waals surface area contributed by atoms with Gasteiger partial charge in [0.05, 0.1) is 11.5 Å². The van der Waals surface area contributed by atoms with Crippen LogP contribution in [0, 0.1) is 0 Å². The molecule has 2 amide bonds. The maximum Gasteiger partial charge on any atom is 0.251 e. The van der Waals surface area contributed by atoms with Crippen LogP contribution < -0.4 is 16.4 Å². The number of nitrogens with two attached hydrogens (primary N) is 1. The molecule has 0 radical (unpaired) electrons. The molecular formula is C23H21N3O2S2. The molecule has 1 aliphatic carbocycles. The van der Waals surface area contributed by atoms with Crippen molar-refractivity contribution in [3.05, 3.63) is 87.8 Å². The average Bonchev–Trinajstić information content (AvgIpc) is 3.30. The second kappa shape index (κ2) is 8.77. The van der Waals surface area contributed by atoms with Gasteiger partial charge in [-0.25, -0.2) is 0 Å². The van der Waals surface area contributed by atoms with E-state index in [2.05, 4.69) is 10.6 Å². The molecule has 30 heavy (non-hydrogen) atoms. The molecule has 4 N–H and O–H groups in total. The molecule has 2 aromatic carbocycles. The second-order valence-corrected chi connectivity index (χ2v) is 8.64. The summed E-state index contributed by atoms with van der Waals surface area (Å²) in [6, 6.07) is 19.1. The molecular weight excluding hydrogens is 414 g/mol. The van der Waals surface area contributed by atoms with Crippen molar-refractivity contribution in [3.63, 3.8) is 0 Å². The molecule has 4 rings (SSSR count). The van der Waals surface area contributed by atoms with E-state index in [-0.39, 0.29) is 11.0 Å². The summed E-state index contributed by atoms with van der Waals surface area (Å²) in [5.74, 6) is -1.22. The number of carbonyl (C=O) groups is 2. The van der Waals surface area contributed by atoms with Gasteiger partial charge in [-0.05, 0) is 48.2 Å². The first-order chi connectivity index (χ1) is 14.5. The smallest absolute Gasteiger partial charge is 0.251 e. The zero-order chi connectivity index (χ0) is 21.1. The van der Waals surface area contributed by atoms with Crippen LogP contribution in [0.3, 0.4) is 0 Å². The number of nitrogens with one attached hydrogen (secondary N) is 2. The van der Waals surface area contributed by atoms with E-state index in [9.17, 15) is 9.59 Å². The molecule has 1 aromatic heterocycles. The van der Waals surface area contributed by atoms with Gasteiger partial charge in [0.2, 0.25) is 5.91 Å². The highest BCUT2D eigenvalue weighted by molar-refractivity contribution is 7.80. The molecule has 152 valence electrons. The van der Waals surface area contributed by atoms with Crippen molar-refractivity contribution in [3.8, 4) is 0 Å². The summed E-state index contributed by atoms with van der Waals surface area (Å²) < 4.78 is 0. The minimum absolute atomic E-state index is 0.152. The molecule has 1 aliphatic rings. The van der Waals surface area contributed by atoms with Crippen molar-refractivity contribution in [1.29, 1.82) is 0 Å². The summed E-state index contributed by atoms with van der Waals surface area (Å²) in [6.45, 7) is 0. The normalized spacial score (nSPS) is 12.4. The summed E-state index contributed by atoms with van der Waals surface area (Å²) in [7, 11) is 0. The van der Waals surface area contributed by atoms with Gasteiger partial charge in [-0.15, -0.1) is 11.3 Å². The monoisotopic (exact) mass is 435 g/mol. The van der Waals surface area contributed by atoms with Crippen molar-refractivity contribution in [2.75, 3.05) is 5.32 Å². The molecule has 0 saturated carbocycles. The molecule has 3 aromatic rings. The van der Waals surface area contributed by atoms with Crippen LogP contribution in [-0.4, -0.2) is 16.9 Å². The fourth-order valence-corrected chi connectivity index (χ4v) is 5.42. The van der Waals surface area contributed by atoms with Gasteiger partial charge in [0, 0.05) is 4.88 Å². The van der Waals surface area contributed by atoms with Gasteiger partial charge in [0.1, 0.15) is 5.00 Å². The first-order valence-corrected chi connectivity index (χ1v) is 10.9. The Labute approximate surface area is 184 Å². The minimum Gasteiger partial charge on any atom is -0.365 e. The van der Waals surface area contributed by atoms with Crippen LogP contribution in [0.1, 0.15) is 44.3 Å². The van der Waals surface area contributed by atoms with E-state index in [1.807, 2.05) is 60.7 Å². The second-order valence-electron chi connectivity index (χ2n) is 7.12. The topological polar surface area (TPSA) is 84.2 Å². The lowest BCUT2D eigenvalue weighted by molar-refractivity contribution is -0.120. The van der Waals surface area contributed by atoms with Crippen LogP contribution in [0.4, 0.5) is 5.00 Å². The average molecular weight is 436 g/mol. The van der Waals surface area contributed by atoms with E-state index in [4.69, 9.17) is 18.0 Å². The lowest BCUT2D eigenvalue weighted by atomic mass is 9.90. The zero-order valence-corrected chi connectivity index (χ0v) is 17.8. The number of thiophene rings is 1. The number of carbonyl (C=O) groups excluding carboxylic acids is 2. The number of benzene rings is 2. The summed E-state index contributed by atoms with van der Waals surface area (Å²) in [6.07, 6.45) is 2.80. The summed E-state index contributed by atoms with van der Waals surface area (Å²) >= 11 is 6.88. The maximum atomic E-state index is 13.2. The number of amides is 2. The molecule has 0 unspecified atom stereocenters. The molecule has 1 heterocycles. The highest BCUT2D eigenvalue weighted by atomic mass is 32.1. The fraction of sp³-hybridized carbons (Fsp3) is 0.174. The Morgan fingerprint density at radius 2 is 1.57 bits per heavy atom. The van der Waals surface area contributed by atoms with Gasteiger partial charge in [-0.1, -0.05) is 60.7 Å². The number of anilines is 1. The standard InChI is InChI=1S/C23H21N3O2S2/c24-20(27)19-16-12-7-13-17(16)30-22(19)26-23(29)25-21(28)18(14-8-3-1-4-9-14)15-10-5-2-6-11-15/h1-6,8-11,18H,7,12-13H2,(H2,24,27)(H2,25,26,28,29). The van der Waals surface area contributed by atoms with Gasteiger partial charge in [-0.2, -0.15) is 0 Å².